The van der Waals surface area contributed by atoms with E-state index in [1.807, 2.05) is 80.6 Å². The summed E-state index contributed by atoms with van der Waals surface area (Å²) in [5.41, 5.74) is 5.99. The summed E-state index contributed by atoms with van der Waals surface area (Å²) in [5, 5.41) is 23.6. The van der Waals surface area contributed by atoms with Gasteiger partial charge in [0, 0.05) is 63.3 Å². The quantitative estimate of drug-likeness (QED) is 0.0512. The van der Waals surface area contributed by atoms with Crippen LogP contribution in [0.3, 0.4) is 0 Å². The fourth-order valence-corrected chi connectivity index (χ4v) is 10.4. The molecule has 8 aromatic rings. The first kappa shape index (κ1) is 54.6. The van der Waals surface area contributed by atoms with Gasteiger partial charge in [-0.2, -0.15) is 28.1 Å². The Kier molecular flexibility index (Phi) is 17.4. The molecule has 4 heterocycles. The van der Waals surface area contributed by atoms with Crippen molar-refractivity contribution in [2.75, 3.05) is 51.6 Å². The average Bonchev–Trinajstić information content (AvgIpc) is 4.40. The number of alkyl halides is 3. The minimum atomic E-state index is -4.34. The van der Waals surface area contributed by atoms with Crippen molar-refractivity contribution in [3.63, 3.8) is 0 Å². The van der Waals surface area contributed by atoms with Crippen LogP contribution in [0.5, 0.6) is 0 Å². The van der Waals surface area contributed by atoms with Crippen molar-refractivity contribution >= 4 is 103 Å². The molecule has 0 radical (unpaired) electrons. The minimum Gasteiger partial charge on any atom is -0.376 e. The van der Waals surface area contributed by atoms with E-state index in [-0.39, 0.29) is 17.9 Å². The zero-order valence-corrected chi connectivity index (χ0v) is 45.7. The molecule has 0 spiro atoms. The van der Waals surface area contributed by atoms with Crippen LogP contribution in [0.4, 0.5) is 59.8 Å². The lowest BCUT2D eigenvalue weighted by Gasteiger charge is -2.25. The van der Waals surface area contributed by atoms with Crippen LogP contribution in [0.25, 0.3) is 32.7 Å². The maximum absolute atomic E-state index is 13.5. The molecule has 3 saturated carbocycles. The monoisotopic (exact) mass is 1100 g/mol. The van der Waals surface area contributed by atoms with Crippen LogP contribution in [0.15, 0.2) is 109 Å². The second kappa shape index (κ2) is 24.9. The van der Waals surface area contributed by atoms with Gasteiger partial charge in [0.2, 0.25) is 17.8 Å². The van der Waals surface area contributed by atoms with Crippen LogP contribution in [0.2, 0.25) is 10.0 Å². The van der Waals surface area contributed by atoms with Crippen LogP contribution in [-0.4, -0.2) is 74.0 Å². The lowest BCUT2D eigenvalue weighted by Crippen LogP contribution is -2.38. The predicted molar refractivity (Wildman–Crippen MR) is 312 cm³/mol. The number of nitrogens with one attached hydrogen (secondary N) is 6. The molecule has 1 saturated heterocycles. The molecule has 1 unspecified atom stereocenters. The second-order valence-electron chi connectivity index (χ2n) is 21.0. The summed E-state index contributed by atoms with van der Waals surface area (Å²) >= 11 is 12.4. The molecule has 6 N–H and O–H groups in total. The molecule has 5 aromatic carbocycles. The van der Waals surface area contributed by atoms with Crippen molar-refractivity contribution in [2.45, 2.75) is 116 Å². The van der Waals surface area contributed by atoms with Gasteiger partial charge in [-0.15, -0.1) is 0 Å². The molecule has 0 bridgehead atoms. The third-order valence-corrected chi connectivity index (χ3v) is 15.7. The molecule has 408 valence electrons. The van der Waals surface area contributed by atoms with E-state index >= 15 is 0 Å². The number of benzene rings is 5. The van der Waals surface area contributed by atoms with E-state index in [1.165, 1.54) is 38.5 Å². The number of halogens is 5. The van der Waals surface area contributed by atoms with E-state index in [2.05, 4.69) is 70.9 Å². The third-order valence-electron chi connectivity index (χ3n) is 14.9. The molecule has 3 atom stereocenters. The highest BCUT2D eigenvalue weighted by Gasteiger charge is 2.49. The molecule has 12 rings (SSSR count). The molecule has 3 aromatic heterocycles. The number of ether oxygens (including phenoxy) is 1. The van der Waals surface area contributed by atoms with Crippen molar-refractivity contribution in [3.05, 3.63) is 130 Å². The molecule has 3 aliphatic carbocycles. The lowest BCUT2D eigenvalue weighted by molar-refractivity contribution is -0.146. The third kappa shape index (κ3) is 14.3. The number of hydrogen-bond donors (Lipinski definition) is 6. The summed E-state index contributed by atoms with van der Waals surface area (Å²) in [6.07, 6.45) is 8.40. The van der Waals surface area contributed by atoms with E-state index in [4.69, 9.17) is 37.9 Å². The van der Waals surface area contributed by atoms with Gasteiger partial charge in [-0.3, -0.25) is 0 Å². The number of fused-ring (bicyclic) bond motifs is 3. The van der Waals surface area contributed by atoms with Crippen LogP contribution in [-0.2, 0) is 4.74 Å². The molecule has 4 aliphatic rings. The molecule has 18 heteroatoms. The SMILES string of the molecule is CC[C@@H](Nc1nc(Nc2ccc(C)c(Cl)c2)nc2ccccc12)C1CCCC1.Cc1ccc(Nc2nc(N[C@@H](C3CC3)C(F)(F)F)c3ccccc3n2)cc1Cl.c1ccc2c(NCC3CC3)nc(NCC3CCCO3)nc2c1. The van der Waals surface area contributed by atoms with Crippen LogP contribution in [0, 0.1) is 31.6 Å². The standard InChI is InChI=1S/C23H27ClN4.C20H18ClF3N4.C17H22N4O/c1-3-20(16-8-4-5-9-16)26-22-18-10-6-7-11-21(18)27-23(28-22)25-17-13-12-15(2)19(24)14-17;1-11-6-9-13(10-15(11)21)25-19-26-16-5-3-2-4-14(16)18(28-19)27-17(12-7-8-12)20(22,23)24;1-2-6-15-14(5-1)16(18-10-12-7-8-12)21-17(20-15)19-11-13-4-3-9-22-13/h6-7,10-14,16,20H,3-5,8-9H2,1-2H3,(H2,25,26,27,28);2-6,9-10,12,17H,7-8H2,1H3,(H2,25,26,27,28);1-2,5-6,12-13H,3-4,7-11H2,(H2,18,19,20,21)/t20-;17-;/m10./s1. The predicted octanol–water partition coefficient (Wildman–Crippen LogP) is 15.8. The summed E-state index contributed by atoms with van der Waals surface area (Å²) in [5.74, 6) is 4.62. The van der Waals surface area contributed by atoms with E-state index < -0.39 is 18.1 Å². The largest absolute Gasteiger partial charge is 0.408 e. The summed E-state index contributed by atoms with van der Waals surface area (Å²) in [6.45, 7) is 8.79. The van der Waals surface area contributed by atoms with Crippen molar-refractivity contribution in [1.29, 1.82) is 0 Å². The first-order valence-corrected chi connectivity index (χ1v) is 28.1. The Bertz CT molecular complexity index is 3330. The zero-order chi connectivity index (χ0) is 54.2. The average molecular weight is 1100 g/mol. The Labute approximate surface area is 463 Å². The first-order chi connectivity index (χ1) is 37.8. The van der Waals surface area contributed by atoms with Gasteiger partial charge in [0.1, 0.15) is 23.5 Å². The Morgan fingerprint density at radius 1 is 0.551 bits per heavy atom. The summed E-state index contributed by atoms with van der Waals surface area (Å²) in [6, 6.07) is 33.5. The Balaban J connectivity index is 0.000000133. The summed E-state index contributed by atoms with van der Waals surface area (Å²) in [4.78, 5) is 27.6. The maximum atomic E-state index is 13.5. The van der Waals surface area contributed by atoms with Gasteiger partial charge < -0.3 is 36.6 Å². The molecule has 1 aliphatic heterocycles. The zero-order valence-electron chi connectivity index (χ0n) is 44.2. The normalized spacial score (nSPS) is 17.2. The molecule has 78 heavy (non-hydrogen) atoms. The molecule has 0 amide bonds. The summed E-state index contributed by atoms with van der Waals surface area (Å²) < 4.78 is 46.1. The van der Waals surface area contributed by atoms with E-state index in [1.54, 1.807) is 30.3 Å². The highest BCUT2D eigenvalue weighted by Crippen LogP contribution is 2.43. The van der Waals surface area contributed by atoms with Crippen molar-refractivity contribution < 1.29 is 17.9 Å². The Morgan fingerprint density at radius 2 is 1.06 bits per heavy atom. The minimum absolute atomic E-state index is 0.167. The van der Waals surface area contributed by atoms with Crippen molar-refractivity contribution in [1.82, 2.24) is 29.9 Å². The topological polar surface area (TPSA) is 159 Å². The van der Waals surface area contributed by atoms with Gasteiger partial charge in [0.25, 0.3) is 0 Å². The van der Waals surface area contributed by atoms with Gasteiger partial charge >= 0.3 is 6.18 Å². The number of para-hydroxylation sites is 3. The Morgan fingerprint density at radius 3 is 1.55 bits per heavy atom. The second-order valence-corrected chi connectivity index (χ2v) is 21.8. The van der Waals surface area contributed by atoms with Gasteiger partial charge in [0.05, 0.1) is 22.7 Å². The van der Waals surface area contributed by atoms with E-state index in [0.717, 1.165) is 106 Å². The molecule has 4 fully saturated rings. The molecular formula is C60H67Cl2F3N12O. The lowest BCUT2D eigenvalue weighted by atomic mass is 9.96. The van der Waals surface area contributed by atoms with Crippen LogP contribution < -0.4 is 31.9 Å². The number of rotatable bonds is 17. The van der Waals surface area contributed by atoms with Gasteiger partial charge in [-0.1, -0.05) is 91.5 Å². The van der Waals surface area contributed by atoms with Crippen molar-refractivity contribution in [3.8, 4) is 0 Å². The number of hydrogen-bond acceptors (Lipinski definition) is 13. The molecular weight excluding hydrogens is 1030 g/mol. The number of nitrogens with zero attached hydrogens (tertiary/aromatic N) is 6. The first-order valence-electron chi connectivity index (χ1n) is 27.4. The van der Waals surface area contributed by atoms with E-state index in [0.29, 0.717) is 52.4 Å². The fraction of sp³-hybridized carbons (Fsp3) is 0.400. The van der Waals surface area contributed by atoms with E-state index in [9.17, 15) is 13.2 Å². The fourth-order valence-electron chi connectivity index (χ4n) is 10.1. The maximum Gasteiger partial charge on any atom is 0.408 e. The van der Waals surface area contributed by atoms with Crippen LogP contribution in [0.1, 0.15) is 88.7 Å². The Hall–Kier alpha value is -6.75. The van der Waals surface area contributed by atoms with Crippen molar-refractivity contribution in [2.24, 2.45) is 17.8 Å². The smallest absolute Gasteiger partial charge is 0.376 e. The summed E-state index contributed by atoms with van der Waals surface area (Å²) in [7, 11) is 0. The highest BCUT2D eigenvalue weighted by atomic mass is 35.5. The number of aryl methyl sites for hydroxylation is 2. The van der Waals surface area contributed by atoms with Gasteiger partial charge in [-0.25, -0.2) is 15.0 Å². The van der Waals surface area contributed by atoms with Gasteiger partial charge in [-0.05, 0) is 161 Å². The van der Waals surface area contributed by atoms with Gasteiger partial charge in [0.15, 0.2) is 0 Å². The van der Waals surface area contributed by atoms with Crippen LogP contribution >= 0.6 is 23.2 Å². The number of aromatic nitrogens is 6. The number of anilines is 8. The highest BCUT2D eigenvalue weighted by molar-refractivity contribution is 6.32. The molecule has 13 nitrogen and oxygen atoms in total.